The van der Waals surface area contributed by atoms with Gasteiger partial charge in [-0.15, -0.1) is 0 Å². The van der Waals surface area contributed by atoms with Crippen LogP contribution >= 0.6 is 0 Å². The number of benzene rings is 2. The molecule has 2 aliphatic heterocycles. The lowest BCUT2D eigenvalue weighted by Gasteiger charge is -2.20. The van der Waals surface area contributed by atoms with Crippen LogP contribution in [-0.4, -0.2) is 48.0 Å². The van der Waals surface area contributed by atoms with Crippen LogP contribution in [-0.2, 0) is 20.6 Å². The van der Waals surface area contributed by atoms with E-state index in [-0.39, 0.29) is 5.69 Å². The zero-order valence-electron chi connectivity index (χ0n) is 17.2. The summed E-state index contributed by atoms with van der Waals surface area (Å²) in [6.07, 6.45) is -4.56. The lowest BCUT2D eigenvalue weighted by molar-refractivity contribution is -0.137. The lowest BCUT2D eigenvalue weighted by atomic mass is 10.1. The van der Waals surface area contributed by atoms with E-state index in [2.05, 4.69) is 15.7 Å². The third kappa shape index (κ3) is 4.36. The number of alkyl halides is 3. The maximum Gasteiger partial charge on any atom is 0.416 e. The summed E-state index contributed by atoms with van der Waals surface area (Å²) >= 11 is 0. The number of carbonyl (C=O) groups is 3. The third-order valence-corrected chi connectivity index (χ3v) is 5.04. The van der Waals surface area contributed by atoms with E-state index in [4.69, 9.17) is 4.74 Å². The highest BCUT2D eigenvalue weighted by atomic mass is 19.4. The maximum absolute atomic E-state index is 13.0. The summed E-state index contributed by atoms with van der Waals surface area (Å²) in [5.41, 5.74) is -0.650. The minimum Gasteiger partial charge on any atom is -0.494 e. The van der Waals surface area contributed by atoms with Gasteiger partial charge in [0, 0.05) is 5.69 Å². The van der Waals surface area contributed by atoms with Gasteiger partial charge < -0.3 is 10.1 Å². The molecule has 2 aliphatic rings. The molecule has 0 bridgehead atoms. The molecule has 3 amide bonds. The molecule has 9 nitrogen and oxygen atoms in total. The molecule has 1 fully saturated rings. The van der Waals surface area contributed by atoms with Crippen molar-refractivity contribution >= 4 is 29.1 Å². The number of nitrogens with one attached hydrogen (secondary N) is 1. The Balaban J connectivity index is 1.45. The van der Waals surface area contributed by atoms with Crippen LogP contribution in [0.5, 0.6) is 5.75 Å². The van der Waals surface area contributed by atoms with Crippen molar-refractivity contribution in [2.24, 2.45) is 10.3 Å². The van der Waals surface area contributed by atoms with Crippen molar-refractivity contribution in [2.45, 2.75) is 25.2 Å². The van der Waals surface area contributed by atoms with Crippen LogP contribution in [0.4, 0.5) is 24.5 Å². The molecule has 0 radical (unpaired) electrons. The molecule has 12 heteroatoms. The van der Waals surface area contributed by atoms with Gasteiger partial charge in [0.05, 0.1) is 17.9 Å². The van der Waals surface area contributed by atoms with Crippen molar-refractivity contribution in [3.8, 4) is 5.75 Å². The summed E-state index contributed by atoms with van der Waals surface area (Å²) < 4.78 is 44.0. The van der Waals surface area contributed by atoms with Crippen LogP contribution in [0.2, 0.25) is 0 Å². The topological polar surface area (TPSA) is 104 Å². The average Bonchev–Trinajstić information content (AvgIpc) is 3.28. The molecular weight excluding hydrogens is 443 g/mol. The molecular formula is C21H18F3N5O4. The summed E-state index contributed by atoms with van der Waals surface area (Å²) in [7, 11) is 0. The van der Waals surface area contributed by atoms with Crippen molar-refractivity contribution in [2.75, 3.05) is 23.4 Å². The summed E-state index contributed by atoms with van der Waals surface area (Å²) in [4.78, 5) is 39.1. The smallest absolute Gasteiger partial charge is 0.416 e. The SMILES string of the molecule is CCOc1ccc(N2C(=O)C3N=NN(CC(=O)Nc4cccc(C(F)(F)F)c4)C3C2=O)cc1. The summed E-state index contributed by atoms with van der Waals surface area (Å²) in [6, 6.07) is 8.29. The number of hydrogen-bond acceptors (Lipinski definition) is 7. The minimum atomic E-state index is -4.56. The van der Waals surface area contributed by atoms with Crippen LogP contribution in [0.15, 0.2) is 58.9 Å². The minimum absolute atomic E-state index is 0.0626. The van der Waals surface area contributed by atoms with Gasteiger partial charge in [-0.05, 0) is 49.4 Å². The van der Waals surface area contributed by atoms with Gasteiger partial charge in [0.25, 0.3) is 11.8 Å². The van der Waals surface area contributed by atoms with Crippen molar-refractivity contribution in [3.05, 3.63) is 54.1 Å². The Morgan fingerprint density at radius 3 is 2.52 bits per heavy atom. The highest BCUT2D eigenvalue weighted by Crippen LogP contribution is 2.33. The molecule has 0 spiro atoms. The second kappa shape index (κ2) is 8.52. The molecule has 2 heterocycles. The standard InChI is InChI=1S/C21H18F3N5O4/c1-2-33-15-8-6-14(7-9-15)29-19(31)17-18(20(29)32)28(27-26-17)11-16(30)25-13-5-3-4-12(10-13)21(22,23)24/h3-10,17-18H,2,11H2,1H3,(H,25,30). The molecule has 0 aliphatic carbocycles. The summed E-state index contributed by atoms with van der Waals surface area (Å²) in [6.45, 7) is 1.81. The van der Waals surface area contributed by atoms with E-state index < -0.39 is 48.1 Å². The molecule has 0 saturated carbocycles. The molecule has 1 saturated heterocycles. The predicted octanol–water partition coefficient (Wildman–Crippen LogP) is 3.04. The normalized spacial score (nSPS) is 19.8. The molecule has 4 rings (SSSR count). The lowest BCUT2D eigenvalue weighted by Crippen LogP contribution is -2.43. The van der Waals surface area contributed by atoms with Crippen molar-refractivity contribution < 1.29 is 32.3 Å². The Bertz CT molecular complexity index is 1120. The van der Waals surface area contributed by atoms with Gasteiger partial charge >= 0.3 is 6.18 Å². The van der Waals surface area contributed by atoms with Crippen LogP contribution in [0.3, 0.4) is 0 Å². The number of anilines is 2. The number of ether oxygens (including phenoxy) is 1. The fourth-order valence-electron chi connectivity index (χ4n) is 3.59. The van der Waals surface area contributed by atoms with Gasteiger partial charge in [-0.25, -0.2) is 4.90 Å². The maximum atomic E-state index is 13.0. The first-order valence-electron chi connectivity index (χ1n) is 9.94. The first-order chi connectivity index (χ1) is 15.7. The Kier molecular flexibility index (Phi) is 5.75. The molecule has 2 atom stereocenters. The Morgan fingerprint density at radius 1 is 1.12 bits per heavy atom. The molecule has 2 aromatic rings. The van der Waals surface area contributed by atoms with Crippen LogP contribution in [0.25, 0.3) is 0 Å². The van der Waals surface area contributed by atoms with Gasteiger partial charge in [-0.3, -0.25) is 19.4 Å². The molecule has 33 heavy (non-hydrogen) atoms. The van der Waals surface area contributed by atoms with Gasteiger partial charge in [-0.1, -0.05) is 11.3 Å². The monoisotopic (exact) mass is 461 g/mol. The van der Waals surface area contributed by atoms with Crippen molar-refractivity contribution in [1.82, 2.24) is 5.01 Å². The van der Waals surface area contributed by atoms with Crippen molar-refractivity contribution in [1.29, 1.82) is 0 Å². The number of nitrogens with zero attached hydrogens (tertiary/aromatic N) is 4. The van der Waals surface area contributed by atoms with Crippen LogP contribution < -0.4 is 15.0 Å². The van der Waals surface area contributed by atoms with Gasteiger partial charge in [0.1, 0.15) is 12.3 Å². The zero-order chi connectivity index (χ0) is 23.8. The highest BCUT2D eigenvalue weighted by Gasteiger charge is 2.55. The van der Waals surface area contributed by atoms with Gasteiger partial charge in [0.15, 0.2) is 12.1 Å². The fourth-order valence-corrected chi connectivity index (χ4v) is 3.59. The van der Waals surface area contributed by atoms with Crippen molar-refractivity contribution in [3.63, 3.8) is 0 Å². The molecule has 0 aromatic heterocycles. The third-order valence-electron chi connectivity index (χ3n) is 5.04. The van der Waals surface area contributed by atoms with E-state index in [1.807, 2.05) is 6.92 Å². The molecule has 2 unspecified atom stereocenters. The summed E-state index contributed by atoms with van der Waals surface area (Å²) in [5, 5.41) is 11.0. The van der Waals surface area contributed by atoms with E-state index >= 15 is 0 Å². The quantitative estimate of drug-likeness (QED) is 0.666. The van der Waals surface area contributed by atoms with E-state index in [1.54, 1.807) is 24.3 Å². The Labute approximate surface area is 185 Å². The number of rotatable bonds is 6. The first kappa shape index (κ1) is 22.2. The zero-order valence-corrected chi connectivity index (χ0v) is 17.2. The van der Waals surface area contributed by atoms with E-state index in [0.717, 1.165) is 28.1 Å². The van der Waals surface area contributed by atoms with E-state index in [9.17, 15) is 27.6 Å². The molecule has 2 aromatic carbocycles. The van der Waals surface area contributed by atoms with Gasteiger partial charge in [-0.2, -0.15) is 18.3 Å². The number of imide groups is 1. The second-order valence-corrected chi connectivity index (χ2v) is 7.26. The van der Waals surface area contributed by atoms with Gasteiger partial charge in [0.2, 0.25) is 5.91 Å². The first-order valence-corrected chi connectivity index (χ1v) is 9.94. The number of fused-ring (bicyclic) bond motifs is 1. The number of halogens is 3. The highest BCUT2D eigenvalue weighted by molar-refractivity contribution is 6.25. The van der Waals surface area contributed by atoms with Crippen LogP contribution in [0, 0.1) is 0 Å². The number of hydrogen-bond donors (Lipinski definition) is 1. The summed E-state index contributed by atoms with van der Waals surface area (Å²) in [5.74, 6) is -1.33. The predicted molar refractivity (Wildman–Crippen MR) is 109 cm³/mol. The number of carbonyl (C=O) groups excluding carboxylic acids is 3. The van der Waals surface area contributed by atoms with E-state index in [0.29, 0.717) is 18.0 Å². The fraction of sp³-hybridized carbons (Fsp3) is 0.286. The Hall–Kier alpha value is -3.96. The second-order valence-electron chi connectivity index (χ2n) is 7.26. The molecule has 172 valence electrons. The largest absolute Gasteiger partial charge is 0.494 e. The Morgan fingerprint density at radius 2 is 1.85 bits per heavy atom. The average molecular weight is 461 g/mol. The van der Waals surface area contributed by atoms with Crippen LogP contribution in [0.1, 0.15) is 12.5 Å². The molecule has 1 N–H and O–H groups in total. The number of amides is 3. The van der Waals surface area contributed by atoms with E-state index in [1.165, 1.54) is 6.07 Å².